The van der Waals surface area contributed by atoms with Crippen LogP contribution in [0.2, 0.25) is 5.02 Å². The Morgan fingerprint density at radius 1 is 1.29 bits per heavy atom. The first kappa shape index (κ1) is 11.4. The van der Waals surface area contributed by atoms with Gasteiger partial charge in [0, 0.05) is 6.20 Å². The second kappa shape index (κ2) is 4.84. The molecule has 1 heterocycles. The normalized spacial score (nSPS) is 9.94. The molecule has 0 aliphatic heterocycles. The van der Waals surface area contributed by atoms with Crippen molar-refractivity contribution in [2.24, 2.45) is 5.73 Å². The Morgan fingerprint density at radius 2 is 2.12 bits per heavy atom. The number of ether oxygens (including phenoxy) is 1. The monoisotopic (exact) mass is 247 g/mol. The number of nitrogen functional groups attached to an aromatic ring is 1. The number of halogens is 1. The fraction of sp³-hybridized carbons (Fsp3) is 0. The Balaban J connectivity index is 2.40. The van der Waals surface area contributed by atoms with E-state index in [0.717, 1.165) is 0 Å². The summed E-state index contributed by atoms with van der Waals surface area (Å²) in [6.07, 6.45) is 3.22. The van der Waals surface area contributed by atoms with Crippen molar-refractivity contribution in [3.63, 3.8) is 0 Å². The second-order valence-electron chi connectivity index (χ2n) is 3.32. The maximum atomic E-state index is 7.48. The molecule has 2 rings (SSSR count). The van der Waals surface area contributed by atoms with Gasteiger partial charge in [-0.15, -0.1) is 0 Å². The Kier molecular flexibility index (Phi) is 3.25. The summed E-state index contributed by atoms with van der Waals surface area (Å²) in [5.41, 5.74) is 5.86. The van der Waals surface area contributed by atoms with Crippen molar-refractivity contribution in [1.82, 2.24) is 4.98 Å². The van der Waals surface area contributed by atoms with Crippen molar-refractivity contribution in [3.05, 3.63) is 53.3 Å². The first-order chi connectivity index (χ1) is 8.18. The van der Waals surface area contributed by atoms with Crippen molar-refractivity contribution in [2.75, 3.05) is 0 Å². The Morgan fingerprint density at radius 3 is 2.76 bits per heavy atom. The van der Waals surface area contributed by atoms with Gasteiger partial charge in [-0.3, -0.25) is 10.4 Å². The van der Waals surface area contributed by atoms with Gasteiger partial charge in [0.25, 0.3) is 0 Å². The first-order valence-electron chi connectivity index (χ1n) is 4.89. The highest BCUT2D eigenvalue weighted by Crippen LogP contribution is 2.29. The minimum Gasteiger partial charge on any atom is -0.455 e. The van der Waals surface area contributed by atoms with Crippen LogP contribution in [0.25, 0.3) is 0 Å². The summed E-state index contributed by atoms with van der Waals surface area (Å²) in [6.45, 7) is 0. The number of benzene rings is 1. The zero-order valence-electron chi connectivity index (χ0n) is 8.85. The lowest BCUT2D eigenvalue weighted by atomic mass is 10.2. The molecule has 0 aliphatic carbocycles. The van der Waals surface area contributed by atoms with Gasteiger partial charge in [-0.05, 0) is 24.3 Å². The van der Waals surface area contributed by atoms with E-state index >= 15 is 0 Å². The van der Waals surface area contributed by atoms with E-state index in [9.17, 15) is 0 Å². The quantitative estimate of drug-likeness (QED) is 0.647. The van der Waals surface area contributed by atoms with Gasteiger partial charge in [0.15, 0.2) is 0 Å². The van der Waals surface area contributed by atoms with Crippen LogP contribution in [-0.4, -0.2) is 10.8 Å². The van der Waals surface area contributed by atoms with E-state index < -0.39 is 0 Å². The van der Waals surface area contributed by atoms with Crippen molar-refractivity contribution >= 4 is 17.4 Å². The van der Waals surface area contributed by atoms with Gasteiger partial charge in [0.1, 0.15) is 17.3 Å². The summed E-state index contributed by atoms with van der Waals surface area (Å²) in [6, 6.07) is 8.62. The maximum Gasteiger partial charge on any atom is 0.145 e. The van der Waals surface area contributed by atoms with Crippen LogP contribution < -0.4 is 10.5 Å². The van der Waals surface area contributed by atoms with Crippen LogP contribution in [0.5, 0.6) is 11.5 Å². The molecule has 0 spiro atoms. The summed E-state index contributed by atoms with van der Waals surface area (Å²) >= 11 is 5.97. The molecule has 0 unspecified atom stereocenters. The Hall–Kier alpha value is -2.07. The van der Waals surface area contributed by atoms with Gasteiger partial charge < -0.3 is 10.5 Å². The van der Waals surface area contributed by atoms with Crippen molar-refractivity contribution in [3.8, 4) is 11.5 Å². The molecule has 3 N–H and O–H groups in total. The maximum absolute atomic E-state index is 7.48. The molecule has 4 nitrogen and oxygen atoms in total. The number of amidine groups is 1. The van der Waals surface area contributed by atoms with Crippen LogP contribution in [0.3, 0.4) is 0 Å². The first-order valence-corrected chi connectivity index (χ1v) is 5.27. The molecule has 2 aromatic rings. The molecule has 1 aromatic heterocycles. The average Bonchev–Trinajstić information content (AvgIpc) is 2.30. The van der Waals surface area contributed by atoms with Gasteiger partial charge in [0.05, 0.1) is 16.8 Å². The lowest BCUT2D eigenvalue weighted by molar-refractivity contribution is 0.479. The number of pyridine rings is 1. The predicted octanol–water partition coefficient (Wildman–Crippen LogP) is 2.81. The van der Waals surface area contributed by atoms with Gasteiger partial charge >= 0.3 is 0 Å². The molecule has 0 atom stereocenters. The molecule has 0 saturated heterocycles. The van der Waals surface area contributed by atoms with Crippen molar-refractivity contribution in [2.45, 2.75) is 0 Å². The van der Waals surface area contributed by atoms with E-state index in [4.69, 9.17) is 27.5 Å². The minimum atomic E-state index is -0.130. The Labute approximate surface area is 104 Å². The van der Waals surface area contributed by atoms with Crippen LogP contribution in [0.15, 0.2) is 42.7 Å². The lowest BCUT2D eigenvalue weighted by Gasteiger charge is -2.10. The molecule has 0 fully saturated rings. The van der Waals surface area contributed by atoms with E-state index in [2.05, 4.69) is 4.98 Å². The topological polar surface area (TPSA) is 72.0 Å². The van der Waals surface area contributed by atoms with Crippen LogP contribution in [0.1, 0.15) is 5.56 Å². The summed E-state index contributed by atoms with van der Waals surface area (Å²) in [7, 11) is 0. The molecule has 5 heteroatoms. The summed E-state index contributed by atoms with van der Waals surface area (Å²) < 4.78 is 5.58. The predicted molar refractivity (Wildman–Crippen MR) is 66.8 cm³/mol. The molecule has 86 valence electrons. The van der Waals surface area contributed by atoms with Gasteiger partial charge in [-0.1, -0.05) is 17.7 Å². The average molecular weight is 248 g/mol. The lowest BCUT2D eigenvalue weighted by Crippen LogP contribution is -2.13. The number of nitrogens with two attached hydrogens (primary N) is 1. The van der Waals surface area contributed by atoms with E-state index in [-0.39, 0.29) is 5.84 Å². The standard InChI is InChI=1S/C12H10ClN3O/c13-9-4-1-5-10(11(9)12(14)15)17-8-3-2-6-16-7-8/h1-7H,(H3,14,15). The fourth-order valence-electron chi connectivity index (χ4n) is 1.39. The number of nitrogens with zero attached hydrogens (tertiary/aromatic N) is 1. The van der Waals surface area contributed by atoms with Crippen LogP contribution in [-0.2, 0) is 0 Å². The van der Waals surface area contributed by atoms with Gasteiger partial charge in [-0.2, -0.15) is 0 Å². The highest BCUT2D eigenvalue weighted by atomic mass is 35.5. The third-order valence-electron chi connectivity index (χ3n) is 2.11. The molecular formula is C12H10ClN3O. The second-order valence-corrected chi connectivity index (χ2v) is 3.72. The van der Waals surface area contributed by atoms with E-state index in [1.807, 2.05) is 0 Å². The molecule has 1 aromatic carbocycles. The van der Waals surface area contributed by atoms with Crippen LogP contribution >= 0.6 is 11.6 Å². The smallest absolute Gasteiger partial charge is 0.145 e. The number of nitrogens with one attached hydrogen (secondary N) is 1. The highest BCUT2D eigenvalue weighted by Gasteiger charge is 2.11. The Bertz CT molecular complexity index is 543. The highest BCUT2D eigenvalue weighted by molar-refractivity contribution is 6.34. The molecule has 17 heavy (non-hydrogen) atoms. The summed E-state index contributed by atoms with van der Waals surface area (Å²) in [5, 5.41) is 7.87. The zero-order chi connectivity index (χ0) is 12.3. The zero-order valence-corrected chi connectivity index (χ0v) is 9.61. The largest absolute Gasteiger partial charge is 0.455 e. The fourth-order valence-corrected chi connectivity index (χ4v) is 1.65. The molecule has 0 aliphatic rings. The van der Waals surface area contributed by atoms with Crippen LogP contribution in [0.4, 0.5) is 0 Å². The van der Waals surface area contributed by atoms with Gasteiger partial charge in [-0.25, -0.2) is 0 Å². The molecule has 0 radical (unpaired) electrons. The van der Waals surface area contributed by atoms with Crippen LogP contribution in [0, 0.1) is 5.41 Å². The molecule has 0 bridgehead atoms. The SMILES string of the molecule is N=C(N)c1c(Cl)cccc1Oc1cccnc1. The molecule has 0 saturated carbocycles. The molecular weight excluding hydrogens is 238 g/mol. The van der Waals surface area contributed by atoms with Crippen molar-refractivity contribution < 1.29 is 4.74 Å². The summed E-state index contributed by atoms with van der Waals surface area (Å²) in [4.78, 5) is 3.93. The van der Waals surface area contributed by atoms with E-state index in [0.29, 0.717) is 22.1 Å². The number of rotatable bonds is 3. The molecule has 0 amide bonds. The van der Waals surface area contributed by atoms with E-state index in [1.165, 1.54) is 0 Å². The third kappa shape index (κ3) is 2.54. The number of hydrogen-bond acceptors (Lipinski definition) is 3. The van der Waals surface area contributed by atoms with Gasteiger partial charge in [0.2, 0.25) is 0 Å². The number of hydrogen-bond donors (Lipinski definition) is 2. The van der Waals surface area contributed by atoms with Crippen molar-refractivity contribution in [1.29, 1.82) is 5.41 Å². The third-order valence-corrected chi connectivity index (χ3v) is 2.42. The number of aromatic nitrogens is 1. The minimum absolute atomic E-state index is 0.130. The summed E-state index contributed by atoms with van der Waals surface area (Å²) in [5.74, 6) is 0.879. The van der Waals surface area contributed by atoms with E-state index in [1.54, 1.807) is 42.7 Å².